The van der Waals surface area contributed by atoms with Crippen molar-refractivity contribution in [3.05, 3.63) is 68.8 Å². The molecular formula is C16H8N2O4. The SMILES string of the molecule is O=[N+]([O-])c1ccc2c3c(ccc([N+](=O)[O-])c13)-c1ccccc1-2. The van der Waals surface area contributed by atoms with E-state index in [1.165, 1.54) is 12.1 Å². The van der Waals surface area contributed by atoms with Crippen molar-refractivity contribution < 1.29 is 9.85 Å². The molecule has 0 saturated carbocycles. The van der Waals surface area contributed by atoms with Gasteiger partial charge in [0, 0.05) is 17.5 Å². The van der Waals surface area contributed by atoms with Gasteiger partial charge in [0.05, 0.1) is 9.85 Å². The van der Waals surface area contributed by atoms with Crippen molar-refractivity contribution in [2.24, 2.45) is 0 Å². The Labute approximate surface area is 123 Å². The molecule has 6 heteroatoms. The summed E-state index contributed by atoms with van der Waals surface area (Å²) in [6, 6.07) is 13.6. The van der Waals surface area contributed by atoms with E-state index in [9.17, 15) is 20.2 Å². The molecule has 0 bridgehead atoms. The fourth-order valence-corrected chi connectivity index (χ4v) is 3.17. The molecule has 0 amide bonds. The van der Waals surface area contributed by atoms with Gasteiger partial charge in [-0.05, 0) is 34.4 Å². The first kappa shape index (κ1) is 12.5. The van der Waals surface area contributed by atoms with E-state index >= 15 is 0 Å². The standard InChI is InChI=1S/C16H8N2O4/c19-17(20)13-7-5-11-9-3-1-2-4-10(9)12-6-8-14(18(21)22)16(13)15(11)12/h1-8H. The van der Waals surface area contributed by atoms with E-state index in [0.29, 0.717) is 5.39 Å². The van der Waals surface area contributed by atoms with Crippen LogP contribution in [0.4, 0.5) is 11.4 Å². The quantitative estimate of drug-likeness (QED) is 0.407. The summed E-state index contributed by atoms with van der Waals surface area (Å²) >= 11 is 0. The maximum Gasteiger partial charge on any atom is 0.284 e. The third-order valence-electron chi connectivity index (χ3n) is 4.02. The Morgan fingerprint density at radius 1 is 0.591 bits per heavy atom. The second kappa shape index (κ2) is 4.11. The minimum atomic E-state index is -0.571. The summed E-state index contributed by atoms with van der Waals surface area (Å²) in [7, 11) is 0. The van der Waals surface area contributed by atoms with Crippen LogP contribution in [0.25, 0.3) is 33.0 Å². The van der Waals surface area contributed by atoms with Gasteiger partial charge in [-0.25, -0.2) is 0 Å². The number of fused-ring (bicyclic) bond motifs is 3. The minimum Gasteiger partial charge on any atom is -0.258 e. The lowest BCUT2D eigenvalue weighted by molar-refractivity contribution is -0.390. The van der Waals surface area contributed by atoms with Crippen LogP contribution in [0.15, 0.2) is 48.5 Å². The Kier molecular flexibility index (Phi) is 2.33. The molecule has 0 fully saturated rings. The highest BCUT2D eigenvalue weighted by molar-refractivity contribution is 6.19. The van der Waals surface area contributed by atoms with Gasteiger partial charge in [0.15, 0.2) is 0 Å². The first-order valence-electron chi connectivity index (χ1n) is 6.58. The third-order valence-corrected chi connectivity index (χ3v) is 4.02. The van der Waals surface area contributed by atoms with E-state index in [1.54, 1.807) is 12.1 Å². The molecule has 0 spiro atoms. The van der Waals surface area contributed by atoms with Crippen molar-refractivity contribution in [3.8, 4) is 22.3 Å². The smallest absolute Gasteiger partial charge is 0.258 e. The lowest BCUT2D eigenvalue weighted by Gasteiger charge is -2.04. The topological polar surface area (TPSA) is 86.3 Å². The molecule has 0 saturated heterocycles. The molecule has 106 valence electrons. The summed E-state index contributed by atoms with van der Waals surface area (Å²) in [5.74, 6) is 0. The molecule has 0 radical (unpaired) electrons. The lowest BCUT2D eigenvalue weighted by atomic mass is 10.00. The molecule has 3 aromatic carbocycles. The molecule has 0 unspecified atom stereocenters. The molecule has 1 aliphatic rings. The number of hydrogen-bond donors (Lipinski definition) is 0. The molecular weight excluding hydrogens is 284 g/mol. The van der Waals surface area contributed by atoms with Gasteiger partial charge in [-0.15, -0.1) is 0 Å². The normalized spacial score (nSPS) is 11.5. The monoisotopic (exact) mass is 292 g/mol. The highest BCUT2D eigenvalue weighted by atomic mass is 16.6. The van der Waals surface area contributed by atoms with Crippen molar-refractivity contribution in [2.75, 3.05) is 0 Å². The van der Waals surface area contributed by atoms with Gasteiger partial charge < -0.3 is 0 Å². The molecule has 0 aromatic heterocycles. The molecule has 3 aromatic rings. The van der Waals surface area contributed by atoms with Crippen LogP contribution in [0.2, 0.25) is 0 Å². The summed E-state index contributed by atoms with van der Waals surface area (Å²) in [6.45, 7) is 0. The van der Waals surface area contributed by atoms with E-state index < -0.39 is 9.85 Å². The summed E-state index contributed by atoms with van der Waals surface area (Å²) < 4.78 is 0. The molecule has 0 aliphatic heterocycles. The summed E-state index contributed by atoms with van der Waals surface area (Å²) in [6.07, 6.45) is 0. The van der Waals surface area contributed by atoms with Crippen molar-refractivity contribution in [1.82, 2.24) is 0 Å². The minimum absolute atomic E-state index is 0.0983. The average molecular weight is 292 g/mol. The summed E-state index contributed by atoms with van der Waals surface area (Å²) in [4.78, 5) is 21.4. The Bertz CT molecular complexity index is 919. The number of nitrogens with zero attached hydrogens (tertiary/aromatic N) is 2. The van der Waals surface area contributed by atoms with Crippen LogP contribution >= 0.6 is 0 Å². The number of nitro benzene ring substituents is 2. The first-order chi connectivity index (χ1) is 10.6. The highest BCUT2D eigenvalue weighted by Gasteiger charge is 2.30. The Balaban J connectivity index is 2.26. The highest BCUT2D eigenvalue weighted by Crippen LogP contribution is 2.51. The number of nitro groups is 2. The average Bonchev–Trinajstić information content (AvgIpc) is 2.83. The van der Waals surface area contributed by atoms with Crippen molar-refractivity contribution in [2.45, 2.75) is 0 Å². The Hall–Kier alpha value is -3.28. The van der Waals surface area contributed by atoms with Crippen LogP contribution < -0.4 is 0 Å². The number of rotatable bonds is 2. The molecule has 1 aliphatic carbocycles. The zero-order valence-corrected chi connectivity index (χ0v) is 11.1. The second-order valence-corrected chi connectivity index (χ2v) is 5.07. The Morgan fingerprint density at radius 2 is 1.05 bits per heavy atom. The van der Waals surface area contributed by atoms with Gasteiger partial charge in [0.1, 0.15) is 5.39 Å². The number of hydrogen-bond acceptors (Lipinski definition) is 4. The van der Waals surface area contributed by atoms with Crippen molar-refractivity contribution in [1.29, 1.82) is 0 Å². The van der Waals surface area contributed by atoms with Crippen LogP contribution in [0, 0.1) is 20.2 Å². The number of non-ortho nitro benzene ring substituents is 2. The molecule has 6 nitrogen and oxygen atoms in total. The van der Waals surface area contributed by atoms with E-state index in [4.69, 9.17) is 0 Å². The molecule has 0 heterocycles. The largest absolute Gasteiger partial charge is 0.284 e. The summed E-state index contributed by atoms with van der Waals surface area (Å²) in [5.41, 5.74) is 3.01. The molecule has 0 N–H and O–H groups in total. The van der Waals surface area contributed by atoms with Gasteiger partial charge in [0.25, 0.3) is 11.4 Å². The van der Waals surface area contributed by atoms with E-state index in [-0.39, 0.29) is 16.8 Å². The fourth-order valence-electron chi connectivity index (χ4n) is 3.17. The van der Waals surface area contributed by atoms with Crippen LogP contribution in [0.5, 0.6) is 0 Å². The molecule has 22 heavy (non-hydrogen) atoms. The van der Waals surface area contributed by atoms with Crippen LogP contribution in [0.3, 0.4) is 0 Å². The maximum atomic E-state index is 11.3. The lowest BCUT2D eigenvalue weighted by Crippen LogP contribution is -1.95. The van der Waals surface area contributed by atoms with E-state index in [1.807, 2.05) is 24.3 Å². The molecule has 0 atom stereocenters. The second-order valence-electron chi connectivity index (χ2n) is 5.07. The molecule has 4 rings (SSSR count). The van der Waals surface area contributed by atoms with Crippen LogP contribution in [0.1, 0.15) is 0 Å². The summed E-state index contributed by atoms with van der Waals surface area (Å²) in [5, 5.41) is 23.3. The maximum absolute atomic E-state index is 11.3. The van der Waals surface area contributed by atoms with Crippen molar-refractivity contribution >= 4 is 22.1 Å². The van der Waals surface area contributed by atoms with E-state index in [0.717, 1.165) is 22.3 Å². The zero-order chi connectivity index (χ0) is 15.4. The van der Waals surface area contributed by atoms with Crippen LogP contribution in [-0.4, -0.2) is 9.85 Å². The van der Waals surface area contributed by atoms with Crippen molar-refractivity contribution in [3.63, 3.8) is 0 Å². The zero-order valence-electron chi connectivity index (χ0n) is 11.1. The van der Waals surface area contributed by atoms with Crippen LogP contribution in [-0.2, 0) is 0 Å². The predicted molar refractivity (Wildman–Crippen MR) is 81.7 cm³/mol. The number of benzene rings is 3. The van der Waals surface area contributed by atoms with E-state index in [2.05, 4.69) is 0 Å². The fraction of sp³-hybridized carbons (Fsp3) is 0. The Morgan fingerprint density at radius 3 is 1.45 bits per heavy atom. The van der Waals surface area contributed by atoms with Gasteiger partial charge in [-0.3, -0.25) is 20.2 Å². The predicted octanol–water partition coefficient (Wildman–Crippen LogP) is 4.30. The first-order valence-corrected chi connectivity index (χ1v) is 6.58. The third kappa shape index (κ3) is 1.43. The van der Waals surface area contributed by atoms with Gasteiger partial charge in [0.2, 0.25) is 0 Å². The van der Waals surface area contributed by atoms with Gasteiger partial charge in [-0.2, -0.15) is 0 Å². The van der Waals surface area contributed by atoms with Gasteiger partial charge >= 0.3 is 0 Å². The van der Waals surface area contributed by atoms with Gasteiger partial charge in [-0.1, -0.05) is 24.3 Å².